The number of hydrogen-bond donors (Lipinski definition) is 1. The molecule has 1 aliphatic carbocycles. The largest absolute Gasteiger partial charge is 0.326 e. The second kappa shape index (κ2) is 6.85. The van der Waals surface area contributed by atoms with E-state index in [9.17, 15) is 4.79 Å². The third-order valence-electron chi connectivity index (χ3n) is 4.55. The lowest BCUT2D eigenvalue weighted by molar-refractivity contribution is -0.125. The van der Waals surface area contributed by atoms with Crippen molar-refractivity contribution in [2.75, 3.05) is 0 Å². The summed E-state index contributed by atoms with van der Waals surface area (Å²) in [7, 11) is 0. The van der Waals surface area contributed by atoms with Crippen LogP contribution in [0.25, 0.3) is 0 Å². The molecule has 2 atom stereocenters. The van der Waals surface area contributed by atoms with E-state index in [-0.39, 0.29) is 5.92 Å². The van der Waals surface area contributed by atoms with Gasteiger partial charge in [0.2, 0.25) is 0 Å². The molecule has 1 saturated carbocycles. The van der Waals surface area contributed by atoms with Crippen LogP contribution in [0.5, 0.6) is 0 Å². The third-order valence-corrected chi connectivity index (χ3v) is 4.55. The second-order valence-corrected chi connectivity index (χ2v) is 5.68. The SMILES string of the molecule is CCC1CCCCC1C(=O)Cc1ccccc1CN. The minimum absolute atomic E-state index is 0.282. The summed E-state index contributed by atoms with van der Waals surface area (Å²) in [6.07, 6.45) is 6.52. The topological polar surface area (TPSA) is 43.1 Å². The van der Waals surface area contributed by atoms with Crippen LogP contribution in [0.1, 0.15) is 50.2 Å². The maximum Gasteiger partial charge on any atom is 0.140 e. The molecule has 1 aliphatic rings. The summed E-state index contributed by atoms with van der Waals surface area (Å²) in [4.78, 5) is 12.6. The lowest BCUT2D eigenvalue weighted by Crippen LogP contribution is -2.28. The van der Waals surface area contributed by atoms with Gasteiger partial charge in [-0.05, 0) is 29.9 Å². The van der Waals surface area contributed by atoms with Gasteiger partial charge in [-0.15, -0.1) is 0 Å². The van der Waals surface area contributed by atoms with Crippen molar-refractivity contribution < 1.29 is 4.79 Å². The van der Waals surface area contributed by atoms with Crippen LogP contribution < -0.4 is 5.73 Å². The van der Waals surface area contributed by atoms with Crippen molar-refractivity contribution in [3.8, 4) is 0 Å². The van der Waals surface area contributed by atoms with Gasteiger partial charge >= 0.3 is 0 Å². The van der Waals surface area contributed by atoms with E-state index in [1.54, 1.807) is 0 Å². The van der Waals surface area contributed by atoms with Crippen molar-refractivity contribution in [1.82, 2.24) is 0 Å². The first-order valence-electron chi connectivity index (χ1n) is 7.55. The Labute approximate surface area is 116 Å². The molecule has 1 aromatic rings. The highest BCUT2D eigenvalue weighted by molar-refractivity contribution is 5.84. The molecule has 0 heterocycles. The lowest BCUT2D eigenvalue weighted by atomic mass is 9.74. The Hall–Kier alpha value is -1.15. The first-order chi connectivity index (χ1) is 9.26. The highest BCUT2D eigenvalue weighted by Gasteiger charge is 2.29. The summed E-state index contributed by atoms with van der Waals surface area (Å²) >= 11 is 0. The Balaban J connectivity index is 2.07. The maximum absolute atomic E-state index is 12.6. The minimum atomic E-state index is 0.282. The van der Waals surface area contributed by atoms with Gasteiger partial charge in [0.1, 0.15) is 5.78 Å². The van der Waals surface area contributed by atoms with E-state index in [4.69, 9.17) is 5.73 Å². The van der Waals surface area contributed by atoms with E-state index < -0.39 is 0 Å². The maximum atomic E-state index is 12.6. The summed E-state index contributed by atoms with van der Waals surface area (Å²) in [6, 6.07) is 8.07. The molecule has 2 N–H and O–H groups in total. The third kappa shape index (κ3) is 3.44. The molecule has 104 valence electrons. The highest BCUT2D eigenvalue weighted by Crippen LogP contribution is 2.33. The Bertz CT molecular complexity index is 427. The van der Waals surface area contributed by atoms with Gasteiger partial charge in [0.25, 0.3) is 0 Å². The molecule has 0 amide bonds. The van der Waals surface area contributed by atoms with Gasteiger partial charge in [0.15, 0.2) is 0 Å². The summed E-state index contributed by atoms with van der Waals surface area (Å²) < 4.78 is 0. The van der Waals surface area contributed by atoms with Crippen molar-refractivity contribution in [3.05, 3.63) is 35.4 Å². The first-order valence-corrected chi connectivity index (χ1v) is 7.55. The predicted octanol–water partition coefficient (Wildman–Crippen LogP) is 3.47. The molecule has 1 fully saturated rings. The summed E-state index contributed by atoms with van der Waals surface area (Å²) in [5, 5.41) is 0. The Morgan fingerprint density at radius 1 is 1.21 bits per heavy atom. The normalized spacial score (nSPS) is 23.3. The number of carbonyl (C=O) groups excluding carboxylic acids is 1. The Kier molecular flexibility index (Phi) is 5.15. The van der Waals surface area contributed by atoms with Gasteiger partial charge in [-0.25, -0.2) is 0 Å². The molecule has 2 nitrogen and oxygen atoms in total. The molecule has 0 radical (unpaired) electrons. The quantitative estimate of drug-likeness (QED) is 0.879. The number of hydrogen-bond acceptors (Lipinski definition) is 2. The molecule has 0 spiro atoms. The molecule has 1 aromatic carbocycles. The fourth-order valence-electron chi connectivity index (χ4n) is 3.37. The van der Waals surface area contributed by atoms with E-state index in [2.05, 4.69) is 6.92 Å². The van der Waals surface area contributed by atoms with Crippen LogP contribution in [-0.4, -0.2) is 5.78 Å². The zero-order chi connectivity index (χ0) is 13.7. The van der Waals surface area contributed by atoms with Crippen LogP contribution in [0.4, 0.5) is 0 Å². The standard InChI is InChI=1S/C17H25NO/c1-2-13-7-5-6-10-16(13)17(19)11-14-8-3-4-9-15(14)12-18/h3-4,8-9,13,16H,2,5-7,10-12,18H2,1H3. The molecular formula is C17H25NO. The molecule has 0 aromatic heterocycles. The zero-order valence-corrected chi connectivity index (χ0v) is 11.9. The number of carbonyl (C=O) groups is 1. The van der Waals surface area contributed by atoms with E-state index in [1.165, 1.54) is 19.3 Å². The van der Waals surface area contributed by atoms with Crippen LogP contribution in [0, 0.1) is 11.8 Å². The van der Waals surface area contributed by atoms with Gasteiger partial charge in [0, 0.05) is 18.9 Å². The molecule has 0 saturated heterocycles. The van der Waals surface area contributed by atoms with Crippen molar-refractivity contribution in [2.45, 2.75) is 52.0 Å². The van der Waals surface area contributed by atoms with E-state index in [1.807, 2.05) is 24.3 Å². The average Bonchev–Trinajstić information content (AvgIpc) is 2.47. The molecule has 0 aliphatic heterocycles. The van der Waals surface area contributed by atoms with Crippen LogP contribution in [-0.2, 0) is 17.8 Å². The van der Waals surface area contributed by atoms with E-state index >= 15 is 0 Å². The molecule has 2 unspecified atom stereocenters. The summed E-state index contributed by atoms with van der Waals surface area (Å²) in [5.74, 6) is 1.31. The number of nitrogens with two attached hydrogens (primary N) is 1. The minimum Gasteiger partial charge on any atom is -0.326 e. The van der Waals surface area contributed by atoms with Crippen molar-refractivity contribution >= 4 is 5.78 Å². The van der Waals surface area contributed by atoms with E-state index in [0.29, 0.717) is 24.7 Å². The lowest BCUT2D eigenvalue weighted by Gasteiger charge is -2.29. The zero-order valence-electron chi connectivity index (χ0n) is 11.9. The Morgan fingerprint density at radius 2 is 1.89 bits per heavy atom. The molecule has 0 bridgehead atoms. The van der Waals surface area contributed by atoms with Crippen LogP contribution in [0.2, 0.25) is 0 Å². The molecule has 19 heavy (non-hydrogen) atoms. The highest BCUT2D eigenvalue weighted by atomic mass is 16.1. The average molecular weight is 259 g/mol. The summed E-state index contributed by atoms with van der Waals surface area (Å²) in [6.45, 7) is 2.73. The van der Waals surface area contributed by atoms with Crippen LogP contribution in [0.15, 0.2) is 24.3 Å². The van der Waals surface area contributed by atoms with E-state index in [0.717, 1.165) is 24.0 Å². The fourth-order valence-corrected chi connectivity index (χ4v) is 3.37. The molecule has 2 rings (SSSR count). The Morgan fingerprint density at radius 3 is 2.58 bits per heavy atom. The molecular weight excluding hydrogens is 234 g/mol. The van der Waals surface area contributed by atoms with Gasteiger partial charge in [0.05, 0.1) is 0 Å². The van der Waals surface area contributed by atoms with Crippen LogP contribution in [0.3, 0.4) is 0 Å². The smallest absolute Gasteiger partial charge is 0.140 e. The first kappa shape index (κ1) is 14.3. The van der Waals surface area contributed by atoms with Gasteiger partial charge < -0.3 is 5.73 Å². The monoisotopic (exact) mass is 259 g/mol. The summed E-state index contributed by atoms with van der Waals surface area (Å²) in [5.41, 5.74) is 7.98. The second-order valence-electron chi connectivity index (χ2n) is 5.68. The fraction of sp³-hybridized carbons (Fsp3) is 0.588. The van der Waals surface area contributed by atoms with Gasteiger partial charge in [-0.3, -0.25) is 4.79 Å². The van der Waals surface area contributed by atoms with Crippen LogP contribution >= 0.6 is 0 Å². The van der Waals surface area contributed by atoms with Gasteiger partial charge in [-0.2, -0.15) is 0 Å². The van der Waals surface area contributed by atoms with Crippen molar-refractivity contribution in [2.24, 2.45) is 17.6 Å². The number of rotatable bonds is 5. The number of ketones is 1. The number of benzene rings is 1. The van der Waals surface area contributed by atoms with Crippen molar-refractivity contribution in [3.63, 3.8) is 0 Å². The number of Topliss-reactive ketones (excluding diaryl/α,β-unsaturated/α-hetero) is 1. The van der Waals surface area contributed by atoms with Gasteiger partial charge in [-0.1, -0.05) is 50.5 Å². The van der Waals surface area contributed by atoms with Crippen molar-refractivity contribution in [1.29, 1.82) is 0 Å². The predicted molar refractivity (Wildman–Crippen MR) is 78.8 cm³/mol. The molecule has 2 heteroatoms.